The van der Waals surface area contributed by atoms with Crippen molar-refractivity contribution in [1.82, 2.24) is 0 Å². The summed E-state index contributed by atoms with van der Waals surface area (Å²) in [6.45, 7) is 1.99. The van der Waals surface area contributed by atoms with Crippen LogP contribution in [0, 0.1) is 17.8 Å². The van der Waals surface area contributed by atoms with E-state index < -0.39 is 0 Å². The van der Waals surface area contributed by atoms with Crippen LogP contribution in [0.5, 0.6) is 0 Å². The highest BCUT2D eigenvalue weighted by molar-refractivity contribution is 5.84. The molecule has 2 unspecified atom stereocenters. The van der Waals surface area contributed by atoms with Crippen molar-refractivity contribution < 1.29 is 4.79 Å². The Kier molecular flexibility index (Phi) is 1.74. The van der Waals surface area contributed by atoms with Crippen molar-refractivity contribution in [3.8, 4) is 0 Å². The van der Waals surface area contributed by atoms with Crippen molar-refractivity contribution in [3.05, 3.63) is 0 Å². The van der Waals surface area contributed by atoms with E-state index in [-0.39, 0.29) is 0 Å². The van der Waals surface area contributed by atoms with Gasteiger partial charge in [0.1, 0.15) is 5.78 Å². The lowest BCUT2D eigenvalue weighted by atomic mass is 10.0. The lowest BCUT2D eigenvalue weighted by Crippen LogP contribution is -1.99. The Morgan fingerprint density at radius 1 is 1.27 bits per heavy atom. The van der Waals surface area contributed by atoms with Gasteiger partial charge in [-0.1, -0.05) is 19.8 Å². The van der Waals surface area contributed by atoms with Gasteiger partial charge in [-0.2, -0.15) is 0 Å². The summed E-state index contributed by atoms with van der Waals surface area (Å²) in [6.07, 6.45) is 6.17. The first-order valence-corrected chi connectivity index (χ1v) is 4.87. The Balaban J connectivity index is 1.94. The molecule has 2 aliphatic rings. The summed E-state index contributed by atoms with van der Waals surface area (Å²) in [7, 11) is 0. The molecule has 0 aromatic carbocycles. The lowest BCUT2D eigenvalue weighted by Gasteiger charge is -2.04. The zero-order chi connectivity index (χ0) is 7.84. The van der Waals surface area contributed by atoms with Crippen LogP contribution in [0.25, 0.3) is 0 Å². The smallest absolute Gasteiger partial charge is 0.136 e. The molecule has 0 aromatic rings. The Hall–Kier alpha value is -0.330. The van der Waals surface area contributed by atoms with Crippen molar-refractivity contribution in [2.45, 2.75) is 39.0 Å². The Morgan fingerprint density at radius 3 is 2.27 bits per heavy atom. The van der Waals surface area contributed by atoms with Gasteiger partial charge in [0.05, 0.1) is 0 Å². The number of hydrogen-bond donors (Lipinski definition) is 0. The third-order valence-corrected chi connectivity index (χ3v) is 3.38. The van der Waals surface area contributed by atoms with Gasteiger partial charge in [-0.25, -0.2) is 0 Å². The highest BCUT2D eigenvalue weighted by atomic mass is 16.1. The first-order chi connectivity index (χ1) is 5.34. The zero-order valence-electron chi connectivity index (χ0n) is 7.18. The average Bonchev–Trinajstić information content (AvgIpc) is 2.77. The highest BCUT2D eigenvalue weighted by Crippen LogP contribution is 2.55. The van der Waals surface area contributed by atoms with E-state index in [1.165, 1.54) is 25.7 Å². The van der Waals surface area contributed by atoms with Gasteiger partial charge in [0, 0.05) is 12.3 Å². The van der Waals surface area contributed by atoms with Crippen LogP contribution in [0.3, 0.4) is 0 Å². The molecule has 2 saturated carbocycles. The van der Waals surface area contributed by atoms with Crippen molar-refractivity contribution in [2.75, 3.05) is 0 Å². The van der Waals surface area contributed by atoms with Crippen LogP contribution in [-0.2, 0) is 4.79 Å². The molecule has 0 saturated heterocycles. The number of Topliss-reactive ketones (excluding diaryl/α,β-unsaturated/α-hetero) is 1. The summed E-state index contributed by atoms with van der Waals surface area (Å²) in [5.41, 5.74) is 0. The molecule has 62 valence electrons. The first-order valence-electron chi connectivity index (χ1n) is 4.87. The minimum atomic E-state index is 0.502. The van der Waals surface area contributed by atoms with Gasteiger partial charge >= 0.3 is 0 Å². The molecule has 0 spiro atoms. The molecule has 0 aromatic heterocycles. The van der Waals surface area contributed by atoms with E-state index in [2.05, 4.69) is 0 Å². The number of fused-ring (bicyclic) bond motifs is 1. The summed E-state index contributed by atoms with van der Waals surface area (Å²) >= 11 is 0. The summed E-state index contributed by atoms with van der Waals surface area (Å²) in [5.74, 6) is 2.66. The number of carbonyl (C=O) groups excluding carboxylic acids is 1. The molecular weight excluding hydrogens is 136 g/mol. The molecule has 0 bridgehead atoms. The molecule has 2 rings (SSSR count). The second kappa shape index (κ2) is 2.62. The Bertz CT molecular complexity index is 162. The maximum absolute atomic E-state index is 11.3. The van der Waals surface area contributed by atoms with Crippen LogP contribution in [-0.4, -0.2) is 5.78 Å². The number of carbonyl (C=O) groups is 1. The fraction of sp³-hybridized carbons (Fsp3) is 0.900. The monoisotopic (exact) mass is 152 g/mol. The maximum Gasteiger partial charge on any atom is 0.136 e. The second-order valence-corrected chi connectivity index (χ2v) is 3.96. The lowest BCUT2D eigenvalue weighted by molar-refractivity contribution is -0.120. The van der Waals surface area contributed by atoms with E-state index in [9.17, 15) is 4.79 Å². The summed E-state index contributed by atoms with van der Waals surface area (Å²) in [5, 5.41) is 0. The molecule has 1 heteroatoms. The molecule has 0 heterocycles. The quantitative estimate of drug-likeness (QED) is 0.593. The third kappa shape index (κ3) is 1.11. The number of ketones is 1. The molecule has 0 N–H and O–H groups in total. The maximum atomic E-state index is 11.3. The molecule has 2 fully saturated rings. The van der Waals surface area contributed by atoms with Crippen LogP contribution >= 0.6 is 0 Å². The van der Waals surface area contributed by atoms with Crippen LogP contribution < -0.4 is 0 Å². The van der Waals surface area contributed by atoms with Gasteiger partial charge in [0.15, 0.2) is 0 Å². The van der Waals surface area contributed by atoms with Gasteiger partial charge in [0.25, 0.3) is 0 Å². The fourth-order valence-electron chi connectivity index (χ4n) is 2.71. The molecule has 0 radical (unpaired) electrons. The van der Waals surface area contributed by atoms with Crippen LogP contribution in [0.4, 0.5) is 0 Å². The molecule has 2 aliphatic carbocycles. The summed E-state index contributed by atoms with van der Waals surface area (Å²) in [6, 6.07) is 0. The Morgan fingerprint density at radius 2 is 1.82 bits per heavy atom. The second-order valence-electron chi connectivity index (χ2n) is 3.96. The predicted octanol–water partition coefficient (Wildman–Crippen LogP) is 2.40. The SMILES string of the molecule is CCC(=O)C1C2CCCCC21. The van der Waals surface area contributed by atoms with Crippen LogP contribution in [0.1, 0.15) is 39.0 Å². The first kappa shape index (κ1) is 7.33. The van der Waals surface area contributed by atoms with Gasteiger partial charge < -0.3 is 0 Å². The van der Waals surface area contributed by atoms with E-state index >= 15 is 0 Å². The molecule has 0 amide bonds. The van der Waals surface area contributed by atoms with Crippen LogP contribution in [0.15, 0.2) is 0 Å². The minimum absolute atomic E-state index is 0.502. The molecular formula is C10H16O. The van der Waals surface area contributed by atoms with Crippen LogP contribution in [0.2, 0.25) is 0 Å². The standard InChI is InChI=1S/C10H16O/c1-2-9(11)10-7-5-3-4-6-8(7)10/h7-8,10H,2-6H2,1H3. The van der Waals surface area contributed by atoms with E-state index in [1.54, 1.807) is 0 Å². The molecule has 11 heavy (non-hydrogen) atoms. The summed E-state index contributed by atoms with van der Waals surface area (Å²) < 4.78 is 0. The van der Waals surface area contributed by atoms with Crippen molar-refractivity contribution in [3.63, 3.8) is 0 Å². The number of hydrogen-bond acceptors (Lipinski definition) is 1. The molecule has 2 atom stereocenters. The normalized spacial score (nSPS) is 41.4. The third-order valence-electron chi connectivity index (χ3n) is 3.38. The molecule has 1 nitrogen and oxygen atoms in total. The van der Waals surface area contributed by atoms with Crippen molar-refractivity contribution in [2.24, 2.45) is 17.8 Å². The number of rotatable bonds is 2. The van der Waals surface area contributed by atoms with Gasteiger partial charge in [0.2, 0.25) is 0 Å². The predicted molar refractivity (Wildman–Crippen MR) is 44.2 cm³/mol. The van der Waals surface area contributed by atoms with Crippen molar-refractivity contribution >= 4 is 5.78 Å². The fourth-order valence-corrected chi connectivity index (χ4v) is 2.71. The van der Waals surface area contributed by atoms with E-state index in [1.807, 2.05) is 6.92 Å². The van der Waals surface area contributed by atoms with E-state index in [0.29, 0.717) is 11.7 Å². The van der Waals surface area contributed by atoms with Gasteiger partial charge in [-0.05, 0) is 24.7 Å². The summed E-state index contributed by atoms with van der Waals surface area (Å²) in [4.78, 5) is 11.3. The van der Waals surface area contributed by atoms with Crippen molar-refractivity contribution in [1.29, 1.82) is 0 Å². The molecule has 0 aliphatic heterocycles. The van der Waals surface area contributed by atoms with Gasteiger partial charge in [-0.15, -0.1) is 0 Å². The van der Waals surface area contributed by atoms with Gasteiger partial charge in [-0.3, -0.25) is 4.79 Å². The minimum Gasteiger partial charge on any atom is -0.299 e. The Labute approximate surface area is 68.2 Å². The average molecular weight is 152 g/mol. The zero-order valence-corrected chi connectivity index (χ0v) is 7.18. The largest absolute Gasteiger partial charge is 0.299 e. The van der Waals surface area contributed by atoms with E-state index in [4.69, 9.17) is 0 Å². The topological polar surface area (TPSA) is 17.1 Å². The highest BCUT2D eigenvalue weighted by Gasteiger charge is 2.53. The van der Waals surface area contributed by atoms with E-state index in [0.717, 1.165) is 18.3 Å².